The fraction of sp³-hybridized carbons (Fsp3) is 0.333. The lowest BCUT2D eigenvalue weighted by molar-refractivity contribution is -0.670. The zero-order chi connectivity index (χ0) is 19.6. The zero-order valence-corrected chi connectivity index (χ0v) is 17.7. The molecule has 2 N–H and O–H groups in total. The van der Waals surface area contributed by atoms with Crippen molar-refractivity contribution in [1.82, 2.24) is 0 Å². The molecule has 0 aliphatic carbocycles. The van der Waals surface area contributed by atoms with Crippen LogP contribution in [0.2, 0.25) is 0 Å². The number of ether oxygens (including phenoxy) is 4. The second-order valence-electron chi connectivity index (χ2n) is 5.93. The van der Waals surface area contributed by atoms with Crippen molar-refractivity contribution in [2.24, 2.45) is 0 Å². The van der Waals surface area contributed by atoms with Crippen LogP contribution in [0, 0.1) is 0 Å². The Kier molecular flexibility index (Phi) is 8.48. The Hall–Kier alpha value is -2.18. The van der Waals surface area contributed by atoms with Gasteiger partial charge in [-0.05, 0) is 45.8 Å². The first-order chi connectivity index (χ1) is 13.1. The molecule has 146 valence electrons. The van der Waals surface area contributed by atoms with Crippen molar-refractivity contribution in [1.29, 1.82) is 0 Å². The number of nitrogens with two attached hydrogens (primary N) is 1. The first-order valence-corrected chi connectivity index (χ1v) is 9.54. The first kappa shape index (κ1) is 21.1. The van der Waals surface area contributed by atoms with Gasteiger partial charge in [0.1, 0.15) is 13.2 Å². The van der Waals surface area contributed by atoms with Crippen LogP contribution in [0.3, 0.4) is 0 Å². The molecule has 6 heteroatoms. The van der Waals surface area contributed by atoms with Crippen molar-refractivity contribution >= 4 is 15.9 Å². The summed E-state index contributed by atoms with van der Waals surface area (Å²) in [4.78, 5) is 0. The minimum absolute atomic E-state index is 0.436. The summed E-state index contributed by atoms with van der Waals surface area (Å²) in [6.45, 7) is 5.92. The molecular formula is C21H27BrNO4+. The van der Waals surface area contributed by atoms with E-state index >= 15 is 0 Å². The van der Waals surface area contributed by atoms with Gasteiger partial charge in [-0.2, -0.15) is 0 Å². The number of methoxy groups -OCH3 is 3. The normalized spacial score (nSPS) is 10.4. The molecule has 0 heterocycles. The van der Waals surface area contributed by atoms with E-state index in [0.29, 0.717) is 12.4 Å². The highest BCUT2D eigenvalue weighted by Crippen LogP contribution is 2.36. The van der Waals surface area contributed by atoms with E-state index in [1.54, 1.807) is 27.4 Å². The minimum atomic E-state index is 0.436. The molecule has 0 fully saturated rings. The van der Waals surface area contributed by atoms with Crippen molar-refractivity contribution in [2.45, 2.75) is 13.0 Å². The Morgan fingerprint density at radius 1 is 0.963 bits per heavy atom. The van der Waals surface area contributed by atoms with Crippen molar-refractivity contribution in [2.75, 3.05) is 34.5 Å². The molecular weight excluding hydrogens is 410 g/mol. The van der Waals surface area contributed by atoms with E-state index in [0.717, 1.165) is 46.8 Å². The Morgan fingerprint density at radius 3 is 2.33 bits per heavy atom. The largest absolute Gasteiger partial charge is 0.493 e. The van der Waals surface area contributed by atoms with Gasteiger partial charge in [-0.15, -0.1) is 0 Å². The van der Waals surface area contributed by atoms with Crippen LogP contribution in [-0.2, 0) is 13.0 Å². The highest BCUT2D eigenvalue weighted by molar-refractivity contribution is 9.10. The Balaban J connectivity index is 1.93. The summed E-state index contributed by atoms with van der Waals surface area (Å²) in [6.07, 6.45) is 2.65. The van der Waals surface area contributed by atoms with Gasteiger partial charge in [0.2, 0.25) is 0 Å². The summed E-state index contributed by atoms with van der Waals surface area (Å²) in [5.41, 5.74) is 2.38. The van der Waals surface area contributed by atoms with E-state index in [1.165, 1.54) is 5.56 Å². The summed E-state index contributed by atoms with van der Waals surface area (Å²) in [7, 11) is 4.94. The van der Waals surface area contributed by atoms with Crippen LogP contribution in [-0.4, -0.2) is 34.5 Å². The number of hydrogen-bond donors (Lipinski definition) is 1. The fourth-order valence-electron chi connectivity index (χ4n) is 2.75. The molecule has 0 bridgehead atoms. The lowest BCUT2D eigenvalue weighted by Crippen LogP contribution is -2.83. The van der Waals surface area contributed by atoms with Crippen molar-refractivity contribution in [3.8, 4) is 23.0 Å². The van der Waals surface area contributed by atoms with Crippen LogP contribution >= 0.6 is 15.9 Å². The third kappa shape index (κ3) is 5.91. The van der Waals surface area contributed by atoms with E-state index in [2.05, 4.69) is 40.0 Å². The SMILES string of the molecule is C=CCOc1c(Br)cc(C[NH2+]CCc2ccc(OC)c(OC)c2)cc1OC. The average molecular weight is 437 g/mol. The van der Waals surface area contributed by atoms with Crippen LogP contribution in [0.25, 0.3) is 0 Å². The average Bonchev–Trinajstić information content (AvgIpc) is 2.69. The summed E-state index contributed by atoms with van der Waals surface area (Å²) >= 11 is 3.57. The van der Waals surface area contributed by atoms with Gasteiger partial charge in [-0.1, -0.05) is 18.7 Å². The second-order valence-corrected chi connectivity index (χ2v) is 6.78. The molecule has 0 amide bonds. The molecule has 0 saturated heterocycles. The second kappa shape index (κ2) is 10.8. The fourth-order valence-corrected chi connectivity index (χ4v) is 3.35. The molecule has 0 aliphatic rings. The third-order valence-corrected chi connectivity index (χ3v) is 4.69. The van der Waals surface area contributed by atoms with Crippen molar-refractivity contribution in [3.05, 3.63) is 58.6 Å². The Labute approximate surface area is 169 Å². The van der Waals surface area contributed by atoms with Crippen LogP contribution in [0.5, 0.6) is 23.0 Å². The molecule has 27 heavy (non-hydrogen) atoms. The topological polar surface area (TPSA) is 53.5 Å². The van der Waals surface area contributed by atoms with Gasteiger partial charge in [0.05, 0.1) is 32.3 Å². The van der Waals surface area contributed by atoms with E-state index in [-0.39, 0.29) is 0 Å². The molecule has 0 spiro atoms. The van der Waals surface area contributed by atoms with Gasteiger partial charge < -0.3 is 24.3 Å². The molecule has 0 atom stereocenters. The molecule has 2 rings (SSSR count). The highest BCUT2D eigenvalue weighted by Gasteiger charge is 2.12. The summed E-state index contributed by atoms with van der Waals surface area (Å²) in [5, 5.41) is 2.27. The molecule has 0 saturated carbocycles. The van der Waals surface area contributed by atoms with Gasteiger partial charge in [0.15, 0.2) is 23.0 Å². The standard InChI is InChI=1S/C21H26BrNO4/c1-5-10-27-21-17(22)11-16(13-20(21)26-4)14-23-9-8-15-6-7-18(24-2)19(12-15)25-3/h5-7,11-13,23H,1,8-10,14H2,2-4H3/p+1. The van der Waals surface area contributed by atoms with Crippen LogP contribution in [0.15, 0.2) is 47.5 Å². The van der Waals surface area contributed by atoms with Crippen molar-refractivity contribution < 1.29 is 24.3 Å². The van der Waals surface area contributed by atoms with Gasteiger partial charge in [-0.25, -0.2) is 0 Å². The minimum Gasteiger partial charge on any atom is -0.493 e. The van der Waals surface area contributed by atoms with Gasteiger partial charge >= 0.3 is 0 Å². The number of rotatable bonds is 11. The van der Waals surface area contributed by atoms with E-state index < -0.39 is 0 Å². The number of quaternary nitrogens is 1. The zero-order valence-electron chi connectivity index (χ0n) is 16.1. The predicted octanol–water partition coefficient (Wildman–Crippen LogP) is 3.35. The maximum atomic E-state index is 5.66. The lowest BCUT2D eigenvalue weighted by Gasteiger charge is -2.13. The number of halogens is 1. The van der Waals surface area contributed by atoms with Gasteiger partial charge in [0, 0.05) is 12.0 Å². The first-order valence-electron chi connectivity index (χ1n) is 8.75. The van der Waals surface area contributed by atoms with Gasteiger partial charge in [-0.3, -0.25) is 0 Å². The molecule has 5 nitrogen and oxygen atoms in total. The molecule has 0 aliphatic heterocycles. The summed E-state index contributed by atoms with van der Waals surface area (Å²) in [5.74, 6) is 2.93. The smallest absolute Gasteiger partial charge is 0.175 e. The molecule has 2 aromatic carbocycles. The number of hydrogen-bond acceptors (Lipinski definition) is 4. The third-order valence-electron chi connectivity index (χ3n) is 4.10. The molecule has 0 unspecified atom stereocenters. The molecule has 2 aromatic rings. The number of benzene rings is 2. The summed E-state index contributed by atoms with van der Waals surface area (Å²) < 4.78 is 22.6. The molecule has 0 aromatic heterocycles. The lowest BCUT2D eigenvalue weighted by atomic mass is 10.1. The van der Waals surface area contributed by atoms with Gasteiger partial charge in [0.25, 0.3) is 0 Å². The van der Waals surface area contributed by atoms with E-state index in [9.17, 15) is 0 Å². The van der Waals surface area contributed by atoms with E-state index in [4.69, 9.17) is 18.9 Å². The van der Waals surface area contributed by atoms with Crippen molar-refractivity contribution in [3.63, 3.8) is 0 Å². The maximum absolute atomic E-state index is 5.66. The quantitative estimate of drug-likeness (QED) is 0.433. The van der Waals surface area contributed by atoms with Crippen LogP contribution < -0.4 is 24.3 Å². The highest BCUT2D eigenvalue weighted by atomic mass is 79.9. The van der Waals surface area contributed by atoms with Crippen LogP contribution in [0.4, 0.5) is 0 Å². The summed E-state index contributed by atoms with van der Waals surface area (Å²) in [6, 6.07) is 10.1. The Bertz CT molecular complexity index is 764. The van der Waals surface area contributed by atoms with Crippen LogP contribution in [0.1, 0.15) is 11.1 Å². The Morgan fingerprint density at radius 2 is 1.67 bits per heavy atom. The monoisotopic (exact) mass is 436 g/mol. The van der Waals surface area contributed by atoms with E-state index in [1.807, 2.05) is 18.2 Å². The predicted molar refractivity (Wildman–Crippen MR) is 110 cm³/mol. The maximum Gasteiger partial charge on any atom is 0.175 e. The molecule has 0 radical (unpaired) electrons.